The largest absolute Gasteiger partial charge is 0.426 e. The maximum atomic E-state index is 12.5. The molecule has 0 saturated heterocycles. The second-order valence-corrected chi connectivity index (χ2v) is 7.75. The van der Waals surface area contributed by atoms with Crippen LogP contribution >= 0.6 is 0 Å². The van der Waals surface area contributed by atoms with Crippen molar-refractivity contribution in [3.63, 3.8) is 0 Å². The maximum Gasteiger partial charge on any atom is 0.314 e. The summed E-state index contributed by atoms with van der Waals surface area (Å²) >= 11 is 0. The van der Waals surface area contributed by atoms with Crippen LogP contribution in [0.1, 0.15) is 64.4 Å². The van der Waals surface area contributed by atoms with Gasteiger partial charge in [-0.15, -0.1) is 0 Å². The Labute approximate surface area is 163 Å². The number of pyridine rings is 1. The number of carbonyl (C=O) groups excluding carboxylic acids is 1. The molecule has 0 amide bonds. The Kier molecular flexibility index (Phi) is 7.03. The lowest BCUT2D eigenvalue weighted by atomic mass is 9.80. The number of hydrogen-bond acceptors (Lipinski definition) is 3. The third-order valence-corrected chi connectivity index (χ3v) is 5.61. The first-order chi connectivity index (χ1) is 13.2. The van der Waals surface area contributed by atoms with Crippen molar-refractivity contribution in [3.8, 4) is 17.0 Å². The fourth-order valence-corrected chi connectivity index (χ4v) is 4.02. The first-order valence-corrected chi connectivity index (χ1v) is 10.5. The highest BCUT2D eigenvalue weighted by Crippen LogP contribution is 2.32. The highest BCUT2D eigenvalue weighted by Gasteiger charge is 2.27. The van der Waals surface area contributed by atoms with Crippen LogP contribution in [0.4, 0.5) is 0 Å². The highest BCUT2D eigenvalue weighted by molar-refractivity contribution is 5.75. The van der Waals surface area contributed by atoms with E-state index in [4.69, 9.17) is 4.74 Å². The van der Waals surface area contributed by atoms with E-state index in [9.17, 15) is 4.79 Å². The number of rotatable bonds is 7. The van der Waals surface area contributed by atoms with Crippen LogP contribution in [0.15, 0.2) is 42.6 Å². The molecule has 1 saturated carbocycles. The van der Waals surface area contributed by atoms with Crippen LogP contribution < -0.4 is 4.74 Å². The molecule has 1 fully saturated rings. The maximum absolute atomic E-state index is 12.5. The van der Waals surface area contributed by atoms with Crippen LogP contribution in [0.25, 0.3) is 11.3 Å². The standard InChI is InChI=1S/C24H31NO2/c1-3-5-18-7-10-21(11-8-18)24(26)27-22-14-12-20(13-15-22)23-16-9-19(6-4-2)17-25-23/h9,12-18,21H,3-8,10-11H2,1-2H3. The van der Waals surface area contributed by atoms with Gasteiger partial charge in [-0.2, -0.15) is 0 Å². The van der Waals surface area contributed by atoms with E-state index in [1.54, 1.807) is 0 Å². The summed E-state index contributed by atoms with van der Waals surface area (Å²) in [6.45, 7) is 4.41. The lowest BCUT2D eigenvalue weighted by Crippen LogP contribution is -2.25. The zero-order valence-corrected chi connectivity index (χ0v) is 16.6. The molecule has 1 aromatic heterocycles. The predicted molar refractivity (Wildman–Crippen MR) is 110 cm³/mol. The molecular formula is C24H31NO2. The molecule has 1 heterocycles. The Morgan fingerprint density at radius 2 is 1.74 bits per heavy atom. The molecular weight excluding hydrogens is 334 g/mol. The van der Waals surface area contributed by atoms with Crippen molar-refractivity contribution in [3.05, 3.63) is 48.2 Å². The van der Waals surface area contributed by atoms with E-state index >= 15 is 0 Å². The molecule has 3 nitrogen and oxygen atoms in total. The number of hydrogen-bond donors (Lipinski definition) is 0. The van der Waals surface area contributed by atoms with Gasteiger partial charge in [-0.05, 0) is 73.9 Å². The fraction of sp³-hybridized carbons (Fsp3) is 0.500. The van der Waals surface area contributed by atoms with Crippen molar-refractivity contribution in [2.24, 2.45) is 11.8 Å². The van der Waals surface area contributed by atoms with Crippen LogP contribution in [-0.4, -0.2) is 11.0 Å². The van der Waals surface area contributed by atoms with Gasteiger partial charge in [0.15, 0.2) is 0 Å². The Hall–Kier alpha value is -2.16. The van der Waals surface area contributed by atoms with Gasteiger partial charge in [0.25, 0.3) is 0 Å². The Balaban J connectivity index is 1.55. The Morgan fingerprint density at radius 1 is 1.00 bits per heavy atom. The minimum atomic E-state index is -0.0697. The molecule has 2 aromatic rings. The zero-order chi connectivity index (χ0) is 19.1. The van der Waals surface area contributed by atoms with E-state index in [0.717, 1.165) is 55.7 Å². The van der Waals surface area contributed by atoms with Crippen molar-refractivity contribution in [2.75, 3.05) is 0 Å². The van der Waals surface area contributed by atoms with Crippen LogP contribution in [0.3, 0.4) is 0 Å². The highest BCUT2D eigenvalue weighted by atomic mass is 16.5. The number of carbonyl (C=O) groups is 1. The summed E-state index contributed by atoms with van der Waals surface area (Å²) in [5, 5.41) is 0. The smallest absolute Gasteiger partial charge is 0.314 e. The van der Waals surface area contributed by atoms with Gasteiger partial charge in [0, 0.05) is 11.8 Å². The molecule has 0 spiro atoms. The summed E-state index contributed by atoms with van der Waals surface area (Å²) in [6.07, 6.45) is 10.9. The van der Waals surface area contributed by atoms with Crippen molar-refractivity contribution in [2.45, 2.75) is 65.2 Å². The van der Waals surface area contributed by atoms with Crippen molar-refractivity contribution in [1.29, 1.82) is 0 Å². The first kappa shape index (κ1) is 19.6. The van der Waals surface area contributed by atoms with Crippen LogP contribution in [0.5, 0.6) is 5.75 Å². The lowest BCUT2D eigenvalue weighted by Gasteiger charge is -2.26. The third-order valence-electron chi connectivity index (χ3n) is 5.61. The quantitative estimate of drug-likeness (QED) is 0.432. The predicted octanol–water partition coefficient (Wildman–Crippen LogP) is 6.21. The zero-order valence-electron chi connectivity index (χ0n) is 16.6. The number of benzene rings is 1. The van der Waals surface area contributed by atoms with Crippen LogP contribution in [0.2, 0.25) is 0 Å². The van der Waals surface area contributed by atoms with Gasteiger partial charge in [-0.3, -0.25) is 9.78 Å². The van der Waals surface area contributed by atoms with Gasteiger partial charge >= 0.3 is 5.97 Å². The Morgan fingerprint density at radius 3 is 2.33 bits per heavy atom. The molecule has 1 aliphatic carbocycles. The average molecular weight is 366 g/mol. The molecule has 0 unspecified atom stereocenters. The van der Waals surface area contributed by atoms with E-state index in [0.29, 0.717) is 5.75 Å². The van der Waals surface area contributed by atoms with Gasteiger partial charge in [0.1, 0.15) is 5.75 Å². The van der Waals surface area contributed by atoms with Crippen molar-refractivity contribution in [1.82, 2.24) is 4.98 Å². The molecule has 0 aliphatic heterocycles. The Bertz CT molecular complexity index is 713. The lowest BCUT2D eigenvalue weighted by molar-refractivity contribution is -0.140. The summed E-state index contributed by atoms with van der Waals surface area (Å²) in [6, 6.07) is 11.9. The topological polar surface area (TPSA) is 39.2 Å². The van der Waals surface area contributed by atoms with Gasteiger partial charge < -0.3 is 4.74 Å². The number of nitrogens with zero attached hydrogens (tertiary/aromatic N) is 1. The van der Waals surface area contributed by atoms with E-state index in [2.05, 4.69) is 31.0 Å². The monoisotopic (exact) mass is 365 g/mol. The van der Waals surface area contributed by atoms with Gasteiger partial charge in [0.05, 0.1) is 11.6 Å². The number of ether oxygens (including phenoxy) is 1. The second kappa shape index (κ2) is 9.68. The van der Waals surface area contributed by atoms with E-state index in [1.807, 2.05) is 30.5 Å². The second-order valence-electron chi connectivity index (χ2n) is 7.75. The molecule has 0 N–H and O–H groups in total. The van der Waals surface area contributed by atoms with Gasteiger partial charge in [0.2, 0.25) is 0 Å². The summed E-state index contributed by atoms with van der Waals surface area (Å²) < 4.78 is 5.63. The average Bonchev–Trinajstić information content (AvgIpc) is 2.70. The summed E-state index contributed by atoms with van der Waals surface area (Å²) in [7, 11) is 0. The SMILES string of the molecule is CCCc1ccc(-c2ccc(OC(=O)C3CCC(CCC)CC3)cc2)nc1. The van der Waals surface area contributed by atoms with Gasteiger partial charge in [-0.25, -0.2) is 0 Å². The third kappa shape index (κ3) is 5.41. The van der Waals surface area contributed by atoms with Crippen LogP contribution in [-0.2, 0) is 11.2 Å². The molecule has 0 bridgehead atoms. The molecule has 144 valence electrons. The fourth-order valence-electron chi connectivity index (χ4n) is 4.02. The first-order valence-electron chi connectivity index (χ1n) is 10.5. The summed E-state index contributed by atoms with van der Waals surface area (Å²) in [5.41, 5.74) is 3.25. The molecule has 1 aromatic carbocycles. The minimum absolute atomic E-state index is 0.0607. The van der Waals surface area contributed by atoms with Crippen molar-refractivity contribution < 1.29 is 9.53 Å². The van der Waals surface area contributed by atoms with E-state index in [-0.39, 0.29) is 11.9 Å². The number of esters is 1. The van der Waals surface area contributed by atoms with Crippen LogP contribution in [0, 0.1) is 11.8 Å². The van der Waals surface area contributed by atoms with E-state index < -0.39 is 0 Å². The molecule has 27 heavy (non-hydrogen) atoms. The van der Waals surface area contributed by atoms with E-state index in [1.165, 1.54) is 18.4 Å². The molecule has 0 radical (unpaired) electrons. The molecule has 3 rings (SSSR count). The van der Waals surface area contributed by atoms with Gasteiger partial charge in [-0.1, -0.05) is 39.2 Å². The minimum Gasteiger partial charge on any atom is -0.426 e. The number of aromatic nitrogens is 1. The summed E-state index contributed by atoms with van der Waals surface area (Å²) in [5.74, 6) is 1.42. The molecule has 1 aliphatic rings. The van der Waals surface area contributed by atoms with Crippen molar-refractivity contribution >= 4 is 5.97 Å². The molecule has 3 heteroatoms. The normalized spacial score (nSPS) is 19.6. The summed E-state index contributed by atoms with van der Waals surface area (Å²) in [4.78, 5) is 17.0. The molecule has 0 atom stereocenters. The number of aryl methyl sites for hydroxylation is 1.